The number of hydrogen-bond donors (Lipinski definition) is 2. The molecule has 6 nitrogen and oxygen atoms in total. The van der Waals surface area contributed by atoms with Crippen molar-refractivity contribution in [3.05, 3.63) is 53.2 Å². The molecule has 3 rings (SSSR count). The van der Waals surface area contributed by atoms with Gasteiger partial charge in [-0.25, -0.2) is 18.1 Å². The summed E-state index contributed by atoms with van der Waals surface area (Å²) in [7, 11) is -2.11. The summed E-state index contributed by atoms with van der Waals surface area (Å²) in [4.78, 5) is 4.37. The molecule has 0 aliphatic carbocycles. The second-order valence-corrected chi connectivity index (χ2v) is 8.67. The second kappa shape index (κ2) is 7.92. The quantitative estimate of drug-likeness (QED) is 0.786. The zero-order valence-corrected chi connectivity index (χ0v) is 16.1. The Balaban J connectivity index is 1.78. The number of halogens is 1. The number of hydrogen-bond acceptors (Lipinski definition) is 5. The van der Waals surface area contributed by atoms with Gasteiger partial charge in [0.05, 0.1) is 0 Å². The Morgan fingerprint density at radius 3 is 2.62 bits per heavy atom. The van der Waals surface area contributed by atoms with Gasteiger partial charge in [0.2, 0.25) is 10.0 Å². The predicted molar refractivity (Wildman–Crippen MR) is 102 cm³/mol. The first-order chi connectivity index (χ1) is 12.5. The summed E-state index contributed by atoms with van der Waals surface area (Å²) in [6.45, 7) is 2.06. The van der Waals surface area contributed by atoms with Crippen LogP contribution in [0.1, 0.15) is 18.4 Å². The lowest BCUT2D eigenvalue weighted by atomic mass is 9.74. The normalized spacial score (nSPS) is 17.0. The first-order valence-corrected chi connectivity index (χ1v) is 10.3. The maximum atomic E-state index is 11.8. The van der Waals surface area contributed by atoms with Crippen LogP contribution in [0.15, 0.2) is 47.5 Å². The van der Waals surface area contributed by atoms with Crippen molar-refractivity contribution in [2.45, 2.75) is 23.2 Å². The molecule has 0 spiro atoms. The Labute approximate surface area is 159 Å². The molecule has 0 atom stereocenters. The maximum Gasteiger partial charge on any atom is 0.241 e. The van der Waals surface area contributed by atoms with Gasteiger partial charge in [-0.2, -0.15) is 0 Å². The average molecular weight is 396 g/mol. The Morgan fingerprint density at radius 2 is 2.00 bits per heavy atom. The molecule has 2 heterocycles. The highest BCUT2D eigenvalue weighted by Crippen LogP contribution is 2.36. The molecule has 26 heavy (non-hydrogen) atoms. The van der Waals surface area contributed by atoms with Gasteiger partial charge in [0.1, 0.15) is 10.7 Å². The van der Waals surface area contributed by atoms with E-state index in [0.717, 1.165) is 12.8 Å². The van der Waals surface area contributed by atoms with Gasteiger partial charge in [0.25, 0.3) is 0 Å². The van der Waals surface area contributed by atoms with Crippen LogP contribution in [-0.2, 0) is 20.2 Å². The zero-order chi connectivity index (χ0) is 18.6. The van der Waals surface area contributed by atoms with Crippen LogP contribution in [0.4, 0.5) is 5.82 Å². The number of nitrogens with zero attached hydrogens (tertiary/aromatic N) is 1. The van der Waals surface area contributed by atoms with Gasteiger partial charge in [-0.1, -0.05) is 23.7 Å². The molecular formula is C18H22ClN3O3S. The van der Waals surface area contributed by atoms with Crippen molar-refractivity contribution in [3.63, 3.8) is 0 Å². The average Bonchev–Trinajstić information content (AvgIpc) is 2.67. The third kappa shape index (κ3) is 4.17. The number of rotatable bonds is 6. The molecule has 0 saturated carbocycles. The van der Waals surface area contributed by atoms with Crippen LogP contribution < -0.4 is 10.0 Å². The van der Waals surface area contributed by atoms with Gasteiger partial charge in [0, 0.05) is 36.4 Å². The number of pyridine rings is 1. The standard InChI is InChI=1S/C18H22ClN3O3S/c1-20-26(23,24)16-5-6-17(21-12-16)22-13-18(7-9-25-10-8-18)14-3-2-4-15(19)11-14/h2-6,11-12,20H,7-10,13H2,1H3,(H,21,22). The van der Waals surface area contributed by atoms with Gasteiger partial charge >= 0.3 is 0 Å². The number of anilines is 1. The minimum Gasteiger partial charge on any atom is -0.381 e. The van der Waals surface area contributed by atoms with E-state index < -0.39 is 10.0 Å². The molecule has 0 amide bonds. The van der Waals surface area contributed by atoms with Crippen LogP contribution in [-0.4, -0.2) is 40.2 Å². The first kappa shape index (κ1) is 19.1. The molecule has 2 N–H and O–H groups in total. The lowest BCUT2D eigenvalue weighted by molar-refractivity contribution is 0.0543. The second-order valence-electron chi connectivity index (χ2n) is 6.34. The summed E-state index contributed by atoms with van der Waals surface area (Å²) in [5, 5.41) is 4.06. The van der Waals surface area contributed by atoms with E-state index in [1.165, 1.54) is 24.9 Å². The van der Waals surface area contributed by atoms with Gasteiger partial charge in [-0.15, -0.1) is 0 Å². The van der Waals surface area contributed by atoms with Crippen molar-refractivity contribution in [2.24, 2.45) is 0 Å². The molecule has 1 aliphatic rings. The van der Waals surface area contributed by atoms with E-state index in [2.05, 4.69) is 21.1 Å². The van der Waals surface area contributed by atoms with E-state index in [1.807, 2.05) is 18.2 Å². The summed E-state index contributed by atoms with van der Waals surface area (Å²) in [6, 6.07) is 11.1. The molecule has 0 radical (unpaired) electrons. The summed E-state index contributed by atoms with van der Waals surface area (Å²) < 4.78 is 31.4. The third-order valence-corrected chi connectivity index (χ3v) is 6.44. The molecule has 0 bridgehead atoms. The van der Waals surface area contributed by atoms with Crippen molar-refractivity contribution in [1.29, 1.82) is 0 Å². The number of benzene rings is 1. The lowest BCUT2D eigenvalue weighted by Crippen LogP contribution is -2.40. The van der Waals surface area contributed by atoms with Crippen molar-refractivity contribution in [3.8, 4) is 0 Å². The van der Waals surface area contributed by atoms with Crippen LogP contribution in [0, 0.1) is 0 Å². The molecule has 140 valence electrons. The van der Waals surface area contributed by atoms with Crippen molar-refractivity contribution in [2.75, 3.05) is 32.1 Å². The van der Waals surface area contributed by atoms with E-state index >= 15 is 0 Å². The number of aromatic nitrogens is 1. The molecular weight excluding hydrogens is 374 g/mol. The Hall–Kier alpha value is -1.67. The molecule has 0 unspecified atom stereocenters. The summed E-state index contributed by atoms with van der Waals surface area (Å²) in [6.07, 6.45) is 3.11. The number of nitrogens with one attached hydrogen (secondary N) is 2. The van der Waals surface area contributed by atoms with Crippen molar-refractivity contribution >= 4 is 27.4 Å². The number of sulfonamides is 1. The first-order valence-electron chi connectivity index (χ1n) is 8.42. The van der Waals surface area contributed by atoms with Crippen LogP contribution in [0.3, 0.4) is 0 Å². The largest absolute Gasteiger partial charge is 0.381 e. The van der Waals surface area contributed by atoms with Gasteiger partial charge in [0.15, 0.2) is 0 Å². The van der Waals surface area contributed by atoms with Gasteiger partial charge in [-0.05, 0) is 49.7 Å². The molecule has 1 aromatic heterocycles. The van der Waals surface area contributed by atoms with E-state index in [0.29, 0.717) is 30.6 Å². The van der Waals surface area contributed by atoms with Crippen molar-refractivity contribution < 1.29 is 13.2 Å². The Kier molecular flexibility index (Phi) is 5.82. The van der Waals surface area contributed by atoms with E-state index in [-0.39, 0.29) is 10.3 Å². The van der Waals surface area contributed by atoms with E-state index in [9.17, 15) is 8.42 Å². The molecule has 8 heteroatoms. The Bertz CT molecular complexity index is 850. The fourth-order valence-corrected chi connectivity index (χ4v) is 4.03. The fraction of sp³-hybridized carbons (Fsp3) is 0.389. The maximum absolute atomic E-state index is 11.8. The van der Waals surface area contributed by atoms with Gasteiger partial charge < -0.3 is 10.1 Å². The summed E-state index contributed by atoms with van der Waals surface area (Å²) in [5.74, 6) is 0.632. The molecule has 2 aromatic rings. The highest BCUT2D eigenvalue weighted by atomic mass is 35.5. The minimum absolute atomic E-state index is 0.0967. The monoisotopic (exact) mass is 395 g/mol. The SMILES string of the molecule is CNS(=O)(=O)c1ccc(NCC2(c3cccc(Cl)c3)CCOCC2)nc1. The summed E-state index contributed by atoms with van der Waals surface area (Å²) in [5.41, 5.74) is 1.08. The molecule has 1 saturated heterocycles. The zero-order valence-electron chi connectivity index (χ0n) is 14.5. The Morgan fingerprint density at radius 1 is 1.23 bits per heavy atom. The van der Waals surface area contributed by atoms with Crippen molar-refractivity contribution in [1.82, 2.24) is 9.71 Å². The van der Waals surface area contributed by atoms with Crippen LogP contribution >= 0.6 is 11.6 Å². The molecule has 1 aromatic carbocycles. The minimum atomic E-state index is -3.48. The van der Waals surface area contributed by atoms with E-state index in [4.69, 9.17) is 16.3 Å². The highest BCUT2D eigenvalue weighted by Gasteiger charge is 2.34. The van der Waals surface area contributed by atoms with E-state index in [1.54, 1.807) is 6.07 Å². The predicted octanol–water partition coefficient (Wildman–Crippen LogP) is 2.80. The lowest BCUT2D eigenvalue weighted by Gasteiger charge is -2.38. The summed E-state index contributed by atoms with van der Waals surface area (Å²) >= 11 is 6.19. The molecule has 1 fully saturated rings. The highest BCUT2D eigenvalue weighted by molar-refractivity contribution is 7.89. The fourth-order valence-electron chi connectivity index (χ4n) is 3.17. The van der Waals surface area contributed by atoms with Gasteiger partial charge in [-0.3, -0.25) is 0 Å². The van der Waals surface area contributed by atoms with Crippen LogP contribution in [0.2, 0.25) is 5.02 Å². The van der Waals surface area contributed by atoms with Crippen LogP contribution in [0.5, 0.6) is 0 Å². The smallest absolute Gasteiger partial charge is 0.241 e. The topological polar surface area (TPSA) is 80.3 Å². The number of ether oxygens (including phenoxy) is 1. The molecule has 1 aliphatic heterocycles. The van der Waals surface area contributed by atoms with Crippen LogP contribution in [0.25, 0.3) is 0 Å². The third-order valence-electron chi connectivity index (χ3n) is 4.81.